The number of amides is 2. The predicted molar refractivity (Wildman–Crippen MR) is 68.1 cm³/mol. The summed E-state index contributed by atoms with van der Waals surface area (Å²) in [5.41, 5.74) is 4.59. The second-order valence-corrected chi connectivity index (χ2v) is 3.10. The number of aliphatic hydroxyl groups is 2. The molecule has 108 valence electrons. The van der Waals surface area contributed by atoms with E-state index in [0.29, 0.717) is 0 Å². The second kappa shape index (κ2) is 8.83. The number of rotatable bonds is 6. The summed E-state index contributed by atoms with van der Waals surface area (Å²) in [4.78, 5) is 22.7. The largest absolute Gasteiger partial charge is 0.395 e. The number of nitrogens with zero attached hydrogens (tertiary/aromatic N) is 2. The SMILES string of the molecule is C.O=C(NCCO)C1=NNC(C(=O)NCCO)=NN1. The number of hydrogen-bond acceptors (Lipinski definition) is 8. The van der Waals surface area contributed by atoms with Gasteiger partial charge in [-0.3, -0.25) is 20.4 Å². The third-order valence-electron chi connectivity index (χ3n) is 1.77. The van der Waals surface area contributed by atoms with Gasteiger partial charge in [0.2, 0.25) is 11.7 Å². The van der Waals surface area contributed by atoms with Gasteiger partial charge in [0.05, 0.1) is 13.2 Å². The van der Waals surface area contributed by atoms with Crippen molar-refractivity contribution in [3.8, 4) is 0 Å². The molecule has 0 unspecified atom stereocenters. The molecule has 1 rings (SSSR count). The number of amidine groups is 2. The highest BCUT2D eigenvalue weighted by Gasteiger charge is 2.18. The van der Waals surface area contributed by atoms with Crippen molar-refractivity contribution in [1.82, 2.24) is 21.5 Å². The normalized spacial score (nSPS) is 12.9. The van der Waals surface area contributed by atoms with Crippen molar-refractivity contribution in [2.45, 2.75) is 7.43 Å². The lowest BCUT2D eigenvalue weighted by Crippen LogP contribution is -2.48. The van der Waals surface area contributed by atoms with Gasteiger partial charge in [0.25, 0.3) is 11.8 Å². The molecule has 0 aromatic carbocycles. The van der Waals surface area contributed by atoms with Crippen molar-refractivity contribution in [2.75, 3.05) is 26.3 Å². The van der Waals surface area contributed by atoms with Gasteiger partial charge in [0, 0.05) is 13.1 Å². The van der Waals surface area contributed by atoms with Gasteiger partial charge in [-0.1, -0.05) is 7.43 Å². The minimum Gasteiger partial charge on any atom is -0.395 e. The highest BCUT2D eigenvalue weighted by atomic mass is 16.3. The first-order chi connectivity index (χ1) is 8.69. The average Bonchev–Trinajstić information content (AvgIpc) is 2.42. The molecule has 1 aliphatic rings. The van der Waals surface area contributed by atoms with Crippen LogP contribution in [0.2, 0.25) is 0 Å². The zero-order chi connectivity index (χ0) is 13.4. The Hall–Kier alpha value is -2.20. The van der Waals surface area contributed by atoms with Gasteiger partial charge >= 0.3 is 0 Å². The van der Waals surface area contributed by atoms with E-state index < -0.39 is 11.8 Å². The van der Waals surface area contributed by atoms with E-state index in [9.17, 15) is 9.59 Å². The summed E-state index contributed by atoms with van der Waals surface area (Å²) in [5, 5.41) is 29.0. The van der Waals surface area contributed by atoms with Crippen LogP contribution in [-0.2, 0) is 9.59 Å². The Morgan fingerprint density at radius 1 is 0.947 bits per heavy atom. The maximum absolute atomic E-state index is 11.3. The third-order valence-corrected chi connectivity index (χ3v) is 1.77. The molecule has 0 radical (unpaired) electrons. The Bertz CT molecular complexity index is 345. The number of aliphatic hydroxyl groups excluding tert-OH is 2. The van der Waals surface area contributed by atoms with Crippen LogP contribution in [-0.4, -0.2) is 60.0 Å². The highest BCUT2D eigenvalue weighted by Crippen LogP contribution is 1.85. The number of hydrazone groups is 2. The van der Waals surface area contributed by atoms with E-state index in [0.717, 1.165) is 0 Å². The minimum absolute atomic E-state index is 0. The Morgan fingerprint density at radius 2 is 1.32 bits per heavy atom. The van der Waals surface area contributed by atoms with E-state index in [-0.39, 0.29) is 45.4 Å². The van der Waals surface area contributed by atoms with Crippen LogP contribution in [0.3, 0.4) is 0 Å². The van der Waals surface area contributed by atoms with Gasteiger partial charge in [0.15, 0.2) is 0 Å². The van der Waals surface area contributed by atoms with E-state index >= 15 is 0 Å². The van der Waals surface area contributed by atoms with E-state index in [1.165, 1.54) is 0 Å². The van der Waals surface area contributed by atoms with Crippen LogP contribution in [0.15, 0.2) is 10.2 Å². The smallest absolute Gasteiger partial charge is 0.290 e. The van der Waals surface area contributed by atoms with Crippen LogP contribution >= 0.6 is 0 Å². The number of carbonyl (C=O) groups excluding carboxylic acids is 2. The topological polar surface area (TPSA) is 147 Å². The molecule has 1 heterocycles. The molecule has 10 heteroatoms. The van der Waals surface area contributed by atoms with Gasteiger partial charge in [-0.25, -0.2) is 0 Å². The van der Waals surface area contributed by atoms with Crippen molar-refractivity contribution in [3.63, 3.8) is 0 Å². The first kappa shape index (κ1) is 16.8. The molecule has 2 amide bonds. The van der Waals surface area contributed by atoms with Crippen molar-refractivity contribution in [2.24, 2.45) is 10.2 Å². The minimum atomic E-state index is -0.560. The van der Waals surface area contributed by atoms with E-state index in [4.69, 9.17) is 10.2 Å². The molecule has 1 aliphatic heterocycles. The van der Waals surface area contributed by atoms with Gasteiger partial charge in [-0.05, 0) is 0 Å². The van der Waals surface area contributed by atoms with Gasteiger partial charge in [0.1, 0.15) is 0 Å². The van der Waals surface area contributed by atoms with Crippen molar-refractivity contribution < 1.29 is 19.8 Å². The first-order valence-corrected chi connectivity index (χ1v) is 5.14. The van der Waals surface area contributed by atoms with Gasteiger partial charge < -0.3 is 20.8 Å². The number of nitrogens with one attached hydrogen (secondary N) is 4. The zero-order valence-corrected chi connectivity index (χ0v) is 9.43. The van der Waals surface area contributed by atoms with Crippen LogP contribution in [0.25, 0.3) is 0 Å². The molecule has 0 bridgehead atoms. The molecule has 0 saturated heterocycles. The van der Waals surface area contributed by atoms with E-state index in [1.807, 2.05) is 0 Å². The fourth-order valence-corrected chi connectivity index (χ4v) is 0.977. The summed E-state index contributed by atoms with van der Waals surface area (Å²) < 4.78 is 0. The average molecular weight is 274 g/mol. The van der Waals surface area contributed by atoms with Crippen molar-refractivity contribution in [3.05, 3.63) is 0 Å². The summed E-state index contributed by atoms with van der Waals surface area (Å²) in [5.74, 6) is -1.37. The maximum atomic E-state index is 11.3. The Kier molecular flexibility index (Phi) is 7.81. The molecular weight excluding hydrogens is 256 g/mol. The Morgan fingerprint density at radius 3 is 1.58 bits per heavy atom. The van der Waals surface area contributed by atoms with Crippen LogP contribution in [0.4, 0.5) is 0 Å². The Labute approximate surface area is 110 Å². The Balaban J connectivity index is 0.00000324. The van der Waals surface area contributed by atoms with Crippen LogP contribution in [0, 0.1) is 0 Å². The predicted octanol–water partition coefficient (Wildman–Crippen LogP) is -3.34. The lowest BCUT2D eigenvalue weighted by atomic mass is 10.5. The van der Waals surface area contributed by atoms with Crippen LogP contribution in [0.1, 0.15) is 7.43 Å². The summed E-state index contributed by atoms with van der Waals surface area (Å²) in [6.45, 7) is -0.199. The van der Waals surface area contributed by atoms with Gasteiger partial charge in [-0.2, -0.15) is 0 Å². The summed E-state index contributed by atoms with van der Waals surface area (Å²) in [6.07, 6.45) is 0. The molecule has 0 aromatic heterocycles. The highest BCUT2D eigenvalue weighted by molar-refractivity contribution is 6.42. The third kappa shape index (κ3) is 5.31. The second-order valence-electron chi connectivity index (χ2n) is 3.10. The fraction of sp³-hybridized carbons (Fsp3) is 0.556. The zero-order valence-electron chi connectivity index (χ0n) is 9.43. The molecule has 0 saturated carbocycles. The fourth-order valence-electron chi connectivity index (χ4n) is 0.977. The molecule has 19 heavy (non-hydrogen) atoms. The molecule has 0 fully saturated rings. The standard InChI is InChI=1S/C8H14N6O4.CH4/c15-3-1-9-7(17)5-11-13-6(14-12-5)8(18)10-2-4-16;/h15-16H,1-4H2,(H,9,17)(H,10,18)(H,11,12)(H,13,14);1H4. The molecule has 0 atom stereocenters. The van der Waals surface area contributed by atoms with Crippen LogP contribution in [0.5, 0.6) is 0 Å². The van der Waals surface area contributed by atoms with E-state index in [1.54, 1.807) is 0 Å². The molecule has 0 aromatic rings. The molecule has 0 spiro atoms. The number of hydrogen-bond donors (Lipinski definition) is 6. The monoisotopic (exact) mass is 274 g/mol. The molecular formula is C9H18N6O4. The molecule has 0 aliphatic carbocycles. The summed E-state index contributed by atoms with van der Waals surface area (Å²) in [6, 6.07) is 0. The number of carbonyl (C=O) groups is 2. The van der Waals surface area contributed by atoms with Crippen LogP contribution < -0.4 is 21.5 Å². The summed E-state index contributed by atoms with van der Waals surface area (Å²) >= 11 is 0. The van der Waals surface area contributed by atoms with Crippen molar-refractivity contribution >= 4 is 23.5 Å². The molecule has 6 N–H and O–H groups in total. The van der Waals surface area contributed by atoms with Crippen molar-refractivity contribution in [1.29, 1.82) is 0 Å². The molecule has 10 nitrogen and oxygen atoms in total. The lowest BCUT2D eigenvalue weighted by molar-refractivity contribution is -0.116. The van der Waals surface area contributed by atoms with Gasteiger partial charge in [-0.15, -0.1) is 10.2 Å². The quantitative estimate of drug-likeness (QED) is 0.298. The first-order valence-electron chi connectivity index (χ1n) is 5.14. The lowest BCUT2D eigenvalue weighted by Gasteiger charge is -2.13. The maximum Gasteiger partial charge on any atom is 0.290 e. The summed E-state index contributed by atoms with van der Waals surface area (Å²) in [7, 11) is 0. The van der Waals surface area contributed by atoms with E-state index in [2.05, 4.69) is 31.7 Å².